The number of rotatable bonds is 10. The number of benzene rings is 2. The van der Waals surface area contributed by atoms with Crippen molar-refractivity contribution in [3.8, 4) is 40.6 Å². The number of carboxylic acid groups (broad SMARTS) is 1. The van der Waals surface area contributed by atoms with Gasteiger partial charge in [-0.25, -0.2) is 0 Å². The van der Waals surface area contributed by atoms with E-state index in [9.17, 15) is 9.59 Å². The summed E-state index contributed by atoms with van der Waals surface area (Å²) < 4.78 is 19.8. The zero-order valence-corrected chi connectivity index (χ0v) is 35.7. The van der Waals surface area contributed by atoms with Gasteiger partial charge in [0.1, 0.15) is 5.76 Å². The fourth-order valence-electron chi connectivity index (χ4n) is 4.83. The van der Waals surface area contributed by atoms with E-state index in [4.69, 9.17) is 29.3 Å². The molecule has 25 heteroatoms. The van der Waals surface area contributed by atoms with Crippen LogP contribution in [0.5, 0.6) is 0 Å². The molecule has 0 saturated heterocycles. The van der Waals surface area contributed by atoms with Crippen molar-refractivity contribution in [3.05, 3.63) is 77.7 Å². The van der Waals surface area contributed by atoms with Crippen molar-refractivity contribution in [1.82, 2.24) is 49.9 Å². The summed E-state index contributed by atoms with van der Waals surface area (Å²) >= 11 is 5.44. The predicted molar refractivity (Wildman–Crippen MR) is 220 cm³/mol. The number of aryl methyl sites for hydroxylation is 2. The van der Waals surface area contributed by atoms with E-state index in [1.807, 2.05) is 55.3 Å². The van der Waals surface area contributed by atoms with Crippen molar-refractivity contribution >= 4 is 85.8 Å². The van der Waals surface area contributed by atoms with E-state index in [0.29, 0.717) is 49.4 Å². The molecule has 306 valence electrons. The van der Waals surface area contributed by atoms with Gasteiger partial charge >= 0.3 is 37.9 Å². The molecule has 0 atom stereocenters. The number of ether oxygens (including phenoxy) is 1. The average Bonchev–Trinajstić information content (AvgIpc) is 4.08. The first-order valence-electron chi connectivity index (χ1n) is 16.6. The van der Waals surface area contributed by atoms with Crippen LogP contribution in [0.15, 0.2) is 96.9 Å². The van der Waals surface area contributed by atoms with E-state index in [0.717, 1.165) is 39.1 Å². The number of thioether (sulfide) groups is 2. The second-order valence-electron chi connectivity index (χ2n) is 11.5. The molecule has 6 heterocycles. The Labute approximate surface area is 369 Å². The normalized spacial score (nSPS) is 10.1. The molecule has 6 N–H and O–H groups in total. The van der Waals surface area contributed by atoms with Crippen molar-refractivity contribution in [1.29, 1.82) is 5.26 Å². The maximum absolute atomic E-state index is 10.9. The van der Waals surface area contributed by atoms with Crippen molar-refractivity contribution in [3.63, 3.8) is 0 Å². The van der Waals surface area contributed by atoms with Crippen LogP contribution >= 0.6 is 39.5 Å². The Kier molecular flexibility index (Phi) is 18.9. The van der Waals surface area contributed by atoms with Crippen LogP contribution in [0, 0.1) is 11.3 Å². The molecule has 0 saturated carbocycles. The van der Waals surface area contributed by atoms with Crippen LogP contribution in [0.2, 0.25) is 0 Å². The summed E-state index contributed by atoms with van der Waals surface area (Å²) in [5, 5.41) is 58.5. The van der Waals surface area contributed by atoms with Crippen molar-refractivity contribution in [2.75, 3.05) is 18.6 Å². The fraction of sp³-hybridized carbons (Fsp3) is 0.171. The Morgan fingerprint density at radius 3 is 1.90 bits per heavy atom. The minimum atomic E-state index is -1.42. The number of carboxylic acids is 1. The number of aromatic amines is 2. The number of aliphatic carboxylic acids is 1. The van der Waals surface area contributed by atoms with Gasteiger partial charge < -0.3 is 34.2 Å². The maximum atomic E-state index is 10.9. The minimum absolute atomic E-state index is 0. The number of carbonyl (C=O) groups is 2. The van der Waals surface area contributed by atoms with Crippen LogP contribution in [0.1, 0.15) is 6.92 Å². The Morgan fingerprint density at radius 2 is 1.37 bits per heavy atom. The molecule has 8 rings (SSSR count). The largest absolute Gasteiger partial charge is 1.00 e. The van der Waals surface area contributed by atoms with Crippen LogP contribution in [-0.2, 0) is 28.4 Å². The fourth-order valence-corrected chi connectivity index (χ4v) is 6.29. The van der Waals surface area contributed by atoms with Gasteiger partial charge in [0.05, 0.1) is 48.1 Å². The van der Waals surface area contributed by atoms with Gasteiger partial charge in [0.15, 0.2) is 27.8 Å². The third kappa shape index (κ3) is 13.2. The zero-order chi connectivity index (χ0) is 41.8. The molecule has 6 aromatic heterocycles. The van der Waals surface area contributed by atoms with Gasteiger partial charge in [0.25, 0.3) is 0 Å². The van der Waals surface area contributed by atoms with Crippen LogP contribution in [0.3, 0.4) is 0 Å². The second-order valence-corrected chi connectivity index (χ2v) is 14.1. The topological polar surface area (TPSA) is 303 Å². The maximum Gasteiger partial charge on any atom is 1.00 e. The van der Waals surface area contributed by atoms with Crippen LogP contribution in [0.4, 0.5) is 0 Å². The molecule has 0 bridgehead atoms. The number of nitriles is 1. The number of halogens is 1. The van der Waals surface area contributed by atoms with Crippen molar-refractivity contribution in [2.24, 2.45) is 14.1 Å². The van der Waals surface area contributed by atoms with E-state index < -0.39 is 13.1 Å². The molecule has 0 aliphatic carbocycles. The van der Waals surface area contributed by atoms with Gasteiger partial charge in [0.2, 0.25) is 10.3 Å². The van der Waals surface area contributed by atoms with Gasteiger partial charge in [-0.15, -0.1) is 10.2 Å². The molecule has 0 aliphatic heterocycles. The summed E-state index contributed by atoms with van der Waals surface area (Å²) in [6, 6.07) is 20.1. The number of nitrogens with zero attached hydrogens (tertiary/aromatic N) is 9. The molecule has 0 unspecified atom stereocenters. The van der Waals surface area contributed by atoms with E-state index in [2.05, 4.69) is 61.2 Å². The predicted octanol–water partition coefficient (Wildman–Crippen LogP) is 1.50. The van der Waals surface area contributed by atoms with E-state index in [1.165, 1.54) is 25.8 Å². The molecule has 0 aliphatic rings. The molecule has 0 amide bonds. The first kappa shape index (κ1) is 48.7. The minimum Gasteiger partial charge on any atom is -0.870 e. The summed E-state index contributed by atoms with van der Waals surface area (Å²) in [5.41, 5.74) is 3.33. The first-order chi connectivity index (χ1) is 27.9. The molecule has 0 radical (unpaired) electrons. The van der Waals surface area contributed by atoms with Gasteiger partial charge in [-0.3, -0.25) is 29.2 Å². The monoisotopic (exact) mass is 913 g/mol. The van der Waals surface area contributed by atoms with Gasteiger partial charge in [0, 0.05) is 37.4 Å². The number of nitrogens with one attached hydrogen (secondary N) is 2. The summed E-state index contributed by atoms with van der Waals surface area (Å²) in [7, 11) is 3.63. The Hall–Kier alpha value is -5.63. The molecule has 8 aromatic rings. The summed E-state index contributed by atoms with van der Waals surface area (Å²) in [6.45, 7) is 1.43. The number of hydrogen-bond donors (Lipinski definition) is 5. The molecule has 0 spiro atoms. The van der Waals surface area contributed by atoms with Crippen molar-refractivity contribution < 1.29 is 62.7 Å². The number of H-pyrrole nitrogens is 2. The molecule has 2 aromatic carbocycles. The van der Waals surface area contributed by atoms with Crippen LogP contribution < -0.4 is 24.3 Å². The quantitative estimate of drug-likeness (QED) is 0.0737. The van der Waals surface area contributed by atoms with E-state index in [-0.39, 0.29) is 41.8 Å². The Bertz CT molecular complexity index is 2670. The Morgan fingerprint density at radius 1 is 0.850 bits per heavy atom. The molecule has 60 heavy (non-hydrogen) atoms. The van der Waals surface area contributed by atoms with E-state index >= 15 is 0 Å². The second kappa shape index (κ2) is 23.2. The summed E-state index contributed by atoms with van der Waals surface area (Å²) in [6.07, 6.45) is 3.56. The third-order valence-corrected chi connectivity index (χ3v) is 9.63. The number of hydrogen-bond acceptors (Lipinski definition) is 17. The number of furan rings is 2. The first-order valence-corrected chi connectivity index (χ1v) is 19.4. The number of methoxy groups -OCH3 is 1. The smallest absolute Gasteiger partial charge is 0.870 e. The summed E-state index contributed by atoms with van der Waals surface area (Å²) in [4.78, 5) is 29.9. The average molecular weight is 915 g/mol. The third-order valence-electron chi connectivity index (χ3n) is 7.55. The van der Waals surface area contributed by atoms with Crippen LogP contribution in [-0.4, -0.2) is 108 Å². The van der Waals surface area contributed by atoms with E-state index in [1.54, 1.807) is 47.3 Å². The standard InChI is InChI=1S/C16H13N5O3S.C9H8BrN3O3S.C8H9BN2O2.C2H3N.Li.H2O/c1-21-11-6-9(2-3-10(11)7-17-21)12-4-5-13(24-12)15-18-16(20-19-15)25-8-14(22)23;1-15-7(14)4-17-9-11-8(12-13-9)5-2-3-6(10)16-5;1-11-8-4-7(9(12)13)3-2-6(8)5-10-11;1-2-3;;/h2-7H,8H2,1H3,(H,22,23)(H,18,19,20);2-3H,4H2,1H3,(H,11,12,13);2-5,12-13H,1H3;1H3;;1H2/q;;;;+1;/p-1. The molecular weight excluding hydrogens is 880 g/mol. The molecule has 20 nitrogen and oxygen atoms in total. The number of aromatic nitrogens is 10. The molecular formula is C35H34BBrLiN11O9S2. The molecule has 0 fully saturated rings. The van der Waals surface area contributed by atoms with Gasteiger partial charge in [-0.2, -0.15) is 25.4 Å². The van der Waals surface area contributed by atoms with Crippen molar-refractivity contribution in [2.45, 2.75) is 17.2 Å². The number of fused-ring (bicyclic) bond motifs is 2. The number of carbonyl (C=O) groups excluding carboxylic acids is 1. The Balaban J connectivity index is 0.000000240. The number of esters is 1. The zero-order valence-electron chi connectivity index (χ0n) is 32.5. The van der Waals surface area contributed by atoms with Crippen LogP contribution in [0.25, 0.3) is 56.3 Å². The van der Waals surface area contributed by atoms with Gasteiger partial charge in [-0.1, -0.05) is 47.8 Å². The van der Waals surface area contributed by atoms with Gasteiger partial charge in [-0.05, 0) is 57.8 Å². The summed E-state index contributed by atoms with van der Waals surface area (Å²) in [5.74, 6) is 1.65. The SMILES string of the molecule is CC#N.COC(=O)CSc1n[nH]c(-c2ccc(Br)o2)n1.Cn1ncc2ccc(-c3ccc(-c4nc(SCC(=O)O)n[nH]4)o3)cc21.Cn1ncc2ccc(B(O)O)cc21.[Li+].[OH-].